The standard InChI is InChI=1S/C16H25NO4.ClH/c1-10(2)20-14-7-6-12(8-13(17)16(18)19-5)9-15(14)21-11(3)4;/h6-7,9-11,13H,8,17H2,1-5H3;1H/t13-;/m0./s1. The largest absolute Gasteiger partial charge is 0.487 e. The maximum atomic E-state index is 11.4. The molecule has 1 aromatic carbocycles. The van der Waals surface area contributed by atoms with E-state index in [2.05, 4.69) is 4.74 Å². The van der Waals surface area contributed by atoms with Crippen LogP contribution in [0.4, 0.5) is 0 Å². The van der Waals surface area contributed by atoms with Crippen molar-refractivity contribution in [2.24, 2.45) is 5.73 Å². The minimum absolute atomic E-state index is 0. The lowest BCUT2D eigenvalue weighted by Crippen LogP contribution is -2.33. The molecule has 126 valence electrons. The summed E-state index contributed by atoms with van der Waals surface area (Å²) >= 11 is 0. The summed E-state index contributed by atoms with van der Waals surface area (Å²) in [5.74, 6) is 0.922. The predicted octanol–water partition coefficient (Wildman–Crippen LogP) is 2.73. The van der Waals surface area contributed by atoms with Crippen LogP contribution in [0, 0.1) is 0 Å². The number of ether oxygens (including phenoxy) is 3. The topological polar surface area (TPSA) is 70.8 Å². The summed E-state index contributed by atoms with van der Waals surface area (Å²) in [5, 5.41) is 0. The van der Waals surface area contributed by atoms with Crippen molar-refractivity contribution < 1.29 is 19.0 Å². The molecule has 1 aromatic rings. The van der Waals surface area contributed by atoms with Crippen molar-refractivity contribution in [2.45, 2.75) is 52.4 Å². The first kappa shape index (κ1) is 20.5. The molecule has 1 atom stereocenters. The average Bonchev–Trinajstić information content (AvgIpc) is 2.39. The Hall–Kier alpha value is -1.46. The first-order valence-electron chi connectivity index (χ1n) is 7.13. The zero-order chi connectivity index (χ0) is 16.0. The third-order valence-electron chi connectivity index (χ3n) is 2.69. The first-order valence-corrected chi connectivity index (χ1v) is 7.13. The molecule has 1 rings (SSSR count). The molecule has 2 N–H and O–H groups in total. The van der Waals surface area contributed by atoms with E-state index in [0.717, 1.165) is 5.56 Å². The van der Waals surface area contributed by atoms with E-state index in [0.29, 0.717) is 17.9 Å². The molecule has 0 aliphatic heterocycles. The van der Waals surface area contributed by atoms with Crippen molar-refractivity contribution in [3.8, 4) is 11.5 Å². The minimum atomic E-state index is -0.682. The van der Waals surface area contributed by atoms with Crippen molar-refractivity contribution in [3.05, 3.63) is 23.8 Å². The van der Waals surface area contributed by atoms with Gasteiger partial charge in [-0.05, 0) is 51.8 Å². The van der Waals surface area contributed by atoms with Crippen LogP contribution in [0.3, 0.4) is 0 Å². The van der Waals surface area contributed by atoms with Gasteiger partial charge in [-0.2, -0.15) is 0 Å². The van der Waals surface area contributed by atoms with Gasteiger partial charge in [0.2, 0.25) is 0 Å². The van der Waals surface area contributed by atoms with E-state index < -0.39 is 12.0 Å². The van der Waals surface area contributed by atoms with Gasteiger partial charge in [-0.25, -0.2) is 0 Å². The molecule has 0 heterocycles. The van der Waals surface area contributed by atoms with E-state index in [-0.39, 0.29) is 24.6 Å². The highest BCUT2D eigenvalue weighted by Gasteiger charge is 2.16. The Bertz CT molecular complexity index is 477. The molecule has 0 aliphatic rings. The van der Waals surface area contributed by atoms with Gasteiger partial charge in [0.1, 0.15) is 6.04 Å². The fourth-order valence-corrected chi connectivity index (χ4v) is 1.87. The minimum Gasteiger partial charge on any atom is -0.487 e. The number of hydrogen-bond donors (Lipinski definition) is 1. The highest BCUT2D eigenvalue weighted by molar-refractivity contribution is 5.85. The molecule has 6 heteroatoms. The van der Waals surface area contributed by atoms with Crippen LogP contribution in [-0.2, 0) is 16.0 Å². The van der Waals surface area contributed by atoms with Gasteiger partial charge in [-0.1, -0.05) is 6.07 Å². The van der Waals surface area contributed by atoms with E-state index in [1.807, 2.05) is 45.9 Å². The van der Waals surface area contributed by atoms with Gasteiger partial charge >= 0.3 is 5.97 Å². The third kappa shape index (κ3) is 6.54. The van der Waals surface area contributed by atoms with Gasteiger partial charge < -0.3 is 19.9 Å². The van der Waals surface area contributed by atoms with Crippen LogP contribution in [0.25, 0.3) is 0 Å². The molecule has 22 heavy (non-hydrogen) atoms. The van der Waals surface area contributed by atoms with Gasteiger partial charge in [0.15, 0.2) is 11.5 Å². The first-order chi connectivity index (χ1) is 9.83. The number of carbonyl (C=O) groups excluding carboxylic acids is 1. The highest BCUT2D eigenvalue weighted by Crippen LogP contribution is 2.30. The van der Waals surface area contributed by atoms with Crippen LogP contribution in [0.15, 0.2) is 18.2 Å². The summed E-state index contributed by atoms with van der Waals surface area (Å²) in [4.78, 5) is 11.4. The van der Waals surface area contributed by atoms with Crippen LogP contribution >= 0.6 is 12.4 Å². The fourth-order valence-electron chi connectivity index (χ4n) is 1.87. The third-order valence-corrected chi connectivity index (χ3v) is 2.69. The number of halogens is 1. The van der Waals surface area contributed by atoms with Crippen LogP contribution in [0.1, 0.15) is 33.3 Å². The number of carbonyl (C=O) groups is 1. The summed E-state index contributed by atoms with van der Waals surface area (Å²) in [6.07, 6.45) is 0.482. The van der Waals surface area contributed by atoms with Gasteiger partial charge in [0.05, 0.1) is 19.3 Å². The lowest BCUT2D eigenvalue weighted by molar-refractivity contribution is -0.142. The Morgan fingerprint density at radius 1 is 1.09 bits per heavy atom. The molecule has 0 aromatic heterocycles. The van der Waals surface area contributed by atoms with Crippen molar-refractivity contribution in [2.75, 3.05) is 7.11 Å². The number of rotatable bonds is 7. The highest BCUT2D eigenvalue weighted by atomic mass is 35.5. The Balaban J connectivity index is 0.00000441. The summed E-state index contributed by atoms with van der Waals surface area (Å²) in [6, 6.07) is 4.91. The van der Waals surface area contributed by atoms with E-state index in [9.17, 15) is 4.79 Å². The second kappa shape index (κ2) is 9.54. The summed E-state index contributed by atoms with van der Waals surface area (Å²) in [6.45, 7) is 7.82. The normalized spacial score (nSPS) is 11.8. The van der Waals surface area contributed by atoms with Gasteiger partial charge in [0, 0.05) is 0 Å². The van der Waals surface area contributed by atoms with Crippen LogP contribution in [-0.4, -0.2) is 31.3 Å². The molecule has 0 bridgehead atoms. The molecular weight excluding hydrogens is 306 g/mol. The number of nitrogens with two attached hydrogens (primary N) is 1. The zero-order valence-corrected chi connectivity index (χ0v) is 14.6. The number of esters is 1. The van der Waals surface area contributed by atoms with Gasteiger partial charge in [-0.15, -0.1) is 12.4 Å². The predicted molar refractivity (Wildman–Crippen MR) is 88.9 cm³/mol. The molecule has 0 amide bonds. The Labute approximate surface area is 138 Å². The fraction of sp³-hybridized carbons (Fsp3) is 0.562. The van der Waals surface area contributed by atoms with Crippen molar-refractivity contribution in [1.82, 2.24) is 0 Å². The van der Waals surface area contributed by atoms with Crippen LogP contribution in [0.2, 0.25) is 0 Å². The monoisotopic (exact) mass is 331 g/mol. The Morgan fingerprint density at radius 2 is 1.64 bits per heavy atom. The molecule has 0 saturated heterocycles. The Kier molecular flexibility index (Phi) is 8.90. The van der Waals surface area contributed by atoms with Gasteiger partial charge in [0.25, 0.3) is 0 Å². The molecule has 0 aliphatic carbocycles. The SMILES string of the molecule is COC(=O)[C@@H](N)Cc1ccc(OC(C)C)c(OC(C)C)c1.Cl. The lowest BCUT2D eigenvalue weighted by Gasteiger charge is -2.18. The average molecular weight is 332 g/mol. The second-order valence-corrected chi connectivity index (χ2v) is 5.45. The number of hydrogen-bond acceptors (Lipinski definition) is 5. The molecule has 0 unspecified atom stereocenters. The second-order valence-electron chi connectivity index (χ2n) is 5.45. The maximum Gasteiger partial charge on any atom is 0.322 e. The van der Waals surface area contributed by atoms with Crippen molar-refractivity contribution in [3.63, 3.8) is 0 Å². The number of methoxy groups -OCH3 is 1. The maximum absolute atomic E-state index is 11.4. The summed E-state index contributed by atoms with van der Waals surface area (Å²) < 4.78 is 16.1. The summed E-state index contributed by atoms with van der Waals surface area (Å²) in [7, 11) is 1.33. The Morgan fingerprint density at radius 3 is 2.14 bits per heavy atom. The van der Waals surface area contributed by atoms with E-state index in [1.54, 1.807) is 0 Å². The molecule has 0 spiro atoms. The van der Waals surface area contributed by atoms with Crippen molar-refractivity contribution in [1.29, 1.82) is 0 Å². The molecular formula is C16H26ClNO4. The number of benzene rings is 1. The smallest absolute Gasteiger partial charge is 0.322 e. The lowest BCUT2D eigenvalue weighted by atomic mass is 10.1. The molecule has 0 saturated carbocycles. The van der Waals surface area contributed by atoms with Crippen LogP contribution in [0.5, 0.6) is 11.5 Å². The zero-order valence-electron chi connectivity index (χ0n) is 13.8. The van der Waals surface area contributed by atoms with Crippen molar-refractivity contribution >= 4 is 18.4 Å². The molecule has 5 nitrogen and oxygen atoms in total. The molecule has 0 fully saturated rings. The van der Waals surface area contributed by atoms with Gasteiger partial charge in [-0.3, -0.25) is 4.79 Å². The summed E-state index contributed by atoms with van der Waals surface area (Å²) in [5.41, 5.74) is 6.69. The van der Waals surface area contributed by atoms with E-state index in [1.165, 1.54) is 7.11 Å². The van der Waals surface area contributed by atoms with E-state index in [4.69, 9.17) is 15.2 Å². The van der Waals surface area contributed by atoms with Crippen LogP contribution < -0.4 is 15.2 Å². The molecule has 0 radical (unpaired) electrons. The quantitative estimate of drug-likeness (QED) is 0.778. The van der Waals surface area contributed by atoms with E-state index >= 15 is 0 Å².